The minimum Gasteiger partial charge on any atom is -0.388 e. The van der Waals surface area contributed by atoms with Crippen LogP contribution < -0.4 is 0 Å². The van der Waals surface area contributed by atoms with Crippen LogP contribution in [0.15, 0.2) is 95.6 Å². The van der Waals surface area contributed by atoms with E-state index in [2.05, 4.69) is 126 Å². The number of nitrogens with zero attached hydrogens (tertiary/aromatic N) is 2. The van der Waals surface area contributed by atoms with Crippen LogP contribution in [0.25, 0.3) is 34.0 Å². The summed E-state index contributed by atoms with van der Waals surface area (Å²) in [7, 11) is -1.46. The van der Waals surface area contributed by atoms with Crippen LogP contribution in [0.1, 0.15) is 137 Å². The molecule has 1 aliphatic heterocycles. The van der Waals surface area contributed by atoms with Crippen LogP contribution in [0.4, 0.5) is 17.6 Å². The van der Waals surface area contributed by atoms with Crippen molar-refractivity contribution in [2.75, 3.05) is 26.6 Å². The number of aliphatic imine (C=N–C) groups is 1. The minimum absolute atomic E-state index is 0.481. The predicted molar refractivity (Wildman–Crippen MR) is 266 cm³/mol. The van der Waals surface area contributed by atoms with Crippen molar-refractivity contribution in [3.8, 4) is 22.4 Å². The highest BCUT2D eigenvalue weighted by Gasteiger charge is 2.34. The van der Waals surface area contributed by atoms with Crippen LogP contribution in [0.5, 0.6) is 0 Å². The van der Waals surface area contributed by atoms with Gasteiger partial charge in [0, 0.05) is 28.1 Å². The Hall–Kier alpha value is -4.99. The van der Waals surface area contributed by atoms with Gasteiger partial charge in [-0.25, -0.2) is 22.6 Å². The van der Waals surface area contributed by atoms with Gasteiger partial charge in [-0.2, -0.15) is 0 Å². The number of benzene rings is 4. The van der Waals surface area contributed by atoms with Gasteiger partial charge in [-0.15, -0.1) is 0 Å². The Morgan fingerprint density at radius 2 is 1.06 bits per heavy atom. The van der Waals surface area contributed by atoms with E-state index in [0.717, 1.165) is 79.8 Å². The average Bonchev–Trinajstić information content (AvgIpc) is 3.93. The maximum Gasteiger partial charge on any atom is 0.598 e. The van der Waals surface area contributed by atoms with Crippen LogP contribution in [-0.4, -0.2) is 56.3 Å². The van der Waals surface area contributed by atoms with Gasteiger partial charge in [-0.1, -0.05) is 111 Å². The van der Waals surface area contributed by atoms with Gasteiger partial charge in [0.15, 0.2) is 0 Å². The first-order valence-corrected chi connectivity index (χ1v) is 24.2. The summed E-state index contributed by atoms with van der Waals surface area (Å²) in [6.45, 7) is 8.75. The van der Waals surface area contributed by atoms with E-state index in [1.54, 1.807) is 4.48 Å². The highest BCUT2D eigenvalue weighted by molar-refractivity contribution is 6.44. The summed E-state index contributed by atoms with van der Waals surface area (Å²) < 4.78 is 71.4. The molecule has 0 N–H and O–H groups in total. The van der Waals surface area contributed by atoms with Gasteiger partial charge in [-0.3, -0.25) is 0 Å². The van der Waals surface area contributed by atoms with Crippen LogP contribution in [0, 0.1) is 41.5 Å². The lowest BCUT2D eigenvalue weighted by molar-refractivity contribution is 0.0997. The van der Waals surface area contributed by atoms with Crippen molar-refractivity contribution in [2.24, 2.45) is 4.99 Å². The average molecular weight is 897 g/mol. The molecule has 2 unspecified atom stereocenters. The number of halogens is 4. The lowest BCUT2D eigenvalue weighted by Gasteiger charge is -2.23. The van der Waals surface area contributed by atoms with Crippen molar-refractivity contribution in [1.29, 1.82) is 0 Å². The molecule has 0 radical (unpaired) electrons. The molecule has 0 bridgehead atoms. The molecule has 2 heterocycles. The summed E-state index contributed by atoms with van der Waals surface area (Å²) in [5.41, 5.74) is 17.7. The van der Waals surface area contributed by atoms with E-state index in [1.807, 2.05) is 6.08 Å². The second-order valence-corrected chi connectivity index (χ2v) is 19.2. The van der Waals surface area contributed by atoms with Crippen LogP contribution in [-0.2, 0) is 9.31 Å². The summed E-state index contributed by atoms with van der Waals surface area (Å²) in [5, 5.41) is 0. The molecule has 4 nitrogen and oxygen atoms in total. The standard InChI is InChI=1S/C57H65BF4N2O2/c1-36-25-40(5)50(27-38(36)3)52-29-54(46-21-17-44(18-22-46)42-13-9-7-10-14-42)63-55(52)31-57-53(51-28-39(4)37(2)26-41(51)6)30-56(47-23-19-45(20-24-47)43-15-11-8-12-16-43)64(57)58(65-34-48(61)32-59)66-35-49(62)33-60/h17-31,42-43,48-49H,7-16,32-35H2,1-6H3/b55-31-. The number of aromatic nitrogens is 1. The third-order valence-electron chi connectivity index (χ3n) is 14.4. The van der Waals surface area contributed by atoms with Crippen molar-refractivity contribution < 1.29 is 26.9 Å². The Morgan fingerprint density at radius 1 is 0.591 bits per heavy atom. The van der Waals surface area contributed by atoms with E-state index in [9.17, 15) is 17.6 Å². The fraction of sp³-hybridized carbons (Fsp3) is 0.421. The summed E-state index contributed by atoms with van der Waals surface area (Å²) in [4.78, 5) is 5.43. The molecule has 2 saturated carbocycles. The van der Waals surface area contributed by atoms with Crippen molar-refractivity contribution in [2.45, 2.75) is 130 Å². The Balaban J connectivity index is 1.37. The molecule has 346 valence electrons. The summed E-state index contributed by atoms with van der Waals surface area (Å²) in [5.74, 6) is 1.05. The molecule has 0 amide bonds. The predicted octanol–water partition coefficient (Wildman–Crippen LogP) is 15.2. The maximum atomic E-state index is 14.9. The molecule has 66 heavy (non-hydrogen) atoms. The zero-order chi connectivity index (χ0) is 46.5. The lowest BCUT2D eigenvalue weighted by atomic mass is 9.84. The van der Waals surface area contributed by atoms with E-state index in [4.69, 9.17) is 14.3 Å². The second-order valence-electron chi connectivity index (χ2n) is 19.2. The molecule has 3 aliphatic rings. The zero-order valence-corrected chi connectivity index (χ0v) is 39.7. The molecule has 9 heteroatoms. The van der Waals surface area contributed by atoms with Crippen molar-refractivity contribution in [3.63, 3.8) is 0 Å². The van der Waals surface area contributed by atoms with Crippen molar-refractivity contribution >= 4 is 24.6 Å². The van der Waals surface area contributed by atoms with Gasteiger partial charge in [0.25, 0.3) is 0 Å². The van der Waals surface area contributed by atoms with Gasteiger partial charge >= 0.3 is 7.25 Å². The fourth-order valence-corrected chi connectivity index (χ4v) is 10.3. The summed E-state index contributed by atoms with van der Waals surface area (Å²) in [6.07, 6.45) is 12.5. The zero-order valence-electron chi connectivity index (χ0n) is 39.7. The first-order chi connectivity index (χ1) is 31.9. The van der Waals surface area contributed by atoms with Gasteiger partial charge in [-0.05, 0) is 158 Å². The number of hydrogen-bond acceptors (Lipinski definition) is 3. The highest BCUT2D eigenvalue weighted by Crippen LogP contribution is 2.42. The van der Waals surface area contributed by atoms with E-state index >= 15 is 0 Å². The third-order valence-corrected chi connectivity index (χ3v) is 14.4. The fourth-order valence-electron chi connectivity index (χ4n) is 10.3. The molecule has 2 aliphatic carbocycles. The normalized spacial score (nSPS) is 17.6. The van der Waals surface area contributed by atoms with Gasteiger partial charge < -0.3 is 13.8 Å². The molecule has 0 spiro atoms. The number of hydrogen-bond donors (Lipinski definition) is 0. The van der Waals surface area contributed by atoms with Crippen LogP contribution in [0.2, 0.25) is 0 Å². The lowest BCUT2D eigenvalue weighted by Crippen LogP contribution is -2.38. The van der Waals surface area contributed by atoms with Crippen LogP contribution in [0.3, 0.4) is 0 Å². The van der Waals surface area contributed by atoms with E-state index < -0.39 is 46.2 Å². The quantitative estimate of drug-likeness (QED) is 0.0731. The summed E-state index contributed by atoms with van der Waals surface area (Å²) >= 11 is 0. The van der Waals surface area contributed by atoms with E-state index in [1.165, 1.54) is 68.1 Å². The molecule has 5 aromatic rings. The SMILES string of the molecule is Cc1cc(C)c(C2=CC(c3ccc(C4CCCCC4)cc3)=N/C2=C\c2c(-c3cc(C)c(C)cc3C)cc(-c3ccc(C4CCCCC4)cc3)n2B(OCC(F)CF)OCC(F)CF)cc1C. The third kappa shape index (κ3) is 10.6. The molecule has 1 aromatic heterocycles. The molecule has 2 atom stereocenters. The maximum absolute atomic E-state index is 14.9. The van der Waals surface area contributed by atoms with Crippen molar-refractivity contribution in [3.05, 3.63) is 152 Å². The second kappa shape index (κ2) is 21.3. The smallest absolute Gasteiger partial charge is 0.388 e. The highest BCUT2D eigenvalue weighted by atomic mass is 19.2. The molecule has 0 saturated heterocycles. The van der Waals surface area contributed by atoms with E-state index in [-0.39, 0.29) is 0 Å². The molecule has 8 rings (SSSR count). The number of aryl methyl sites for hydroxylation is 6. The largest absolute Gasteiger partial charge is 0.598 e. The topological polar surface area (TPSA) is 35.8 Å². The van der Waals surface area contributed by atoms with Gasteiger partial charge in [0.2, 0.25) is 0 Å². The molecular weight excluding hydrogens is 831 g/mol. The number of rotatable bonds is 16. The summed E-state index contributed by atoms with van der Waals surface area (Å²) in [6, 6.07) is 28.2. The Kier molecular flexibility index (Phi) is 15.3. The van der Waals surface area contributed by atoms with Gasteiger partial charge in [0.05, 0.1) is 24.6 Å². The van der Waals surface area contributed by atoms with Gasteiger partial charge in [0.1, 0.15) is 25.7 Å². The Labute approximate surface area is 390 Å². The monoisotopic (exact) mass is 897 g/mol. The number of alkyl halides is 4. The minimum atomic E-state index is -1.95. The van der Waals surface area contributed by atoms with Crippen molar-refractivity contribution in [1.82, 2.24) is 4.48 Å². The molecule has 2 fully saturated rings. The van der Waals surface area contributed by atoms with E-state index in [0.29, 0.717) is 28.9 Å². The first kappa shape index (κ1) is 47.5. The molecule has 4 aromatic carbocycles. The number of allylic oxidation sites excluding steroid dienone is 2. The van der Waals surface area contributed by atoms with Crippen LogP contribution >= 0.6 is 0 Å². The molecular formula is C57H65BF4N2O2. The first-order valence-electron chi connectivity index (χ1n) is 24.2. The Morgan fingerprint density at radius 3 is 1.58 bits per heavy atom. The Bertz CT molecular complexity index is 2570.